The number of rotatable bonds is 1. The van der Waals surface area contributed by atoms with Crippen LogP contribution in [-0.2, 0) is 0 Å². The Labute approximate surface area is 60.4 Å². The van der Waals surface area contributed by atoms with Crippen LogP contribution in [0.4, 0.5) is 0 Å². The van der Waals surface area contributed by atoms with Gasteiger partial charge in [-0.3, -0.25) is 0 Å². The Balaban J connectivity index is 2.26. The molecule has 0 unspecified atom stereocenters. The monoisotopic (exact) mass is 146 g/mol. The van der Waals surface area contributed by atoms with Crippen LogP contribution in [0, 0.1) is 0 Å². The van der Waals surface area contributed by atoms with Crippen LogP contribution >= 0.6 is 12.2 Å². The van der Waals surface area contributed by atoms with Gasteiger partial charge >= 0.3 is 0 Å². The molecule has 4 heteroatoms. The van der Waals surface area contributed by atoms with E-state index in [4.69, 9.17) is 12.2 Å². The fraction of sp³-hybridized carbons (Fsp3) is 0.800. The van der Waals surface area contributed by atoms with Crippen molar-refractivity contribution < 1.29 is 4.90 Å². The number of hydrogen-bond acceptors (Lipinski definition) is 1. The normalized spacial score (nSPS) is 20.8. The number of nitrogens with one attached hydrogen (secondary N) is 3. The molecule has 0 aliphatic carbocycles. The average Bonchev–Trinajstić information content (AvgIpc) is 1.90. The molecule has 1 aliphatic heterocycles. The zero-order chi connectivity index (χ0) is 6.69. The molecule has 0 atom stereocenters. The van der Waals surface area contributed by atoms with Gasteiger partial charge in [0.25, 0.3) is 0 Å². The van der Waals surface area contributed by atoms with Gasteiger partial charge in [0.1, 0.15) is 0 Å². The van der Waals surface area contributed by atoms with Crippen molar-refractivity contribution in [1.29, 1.82) is 0 Å². The summed E-state index contributed by atoms with van der Waals surface area (Å²) in [6.07, 6.45) is 0. The maximum absolute atomic E-state index is 4.87. The van der Waals surface area contributed by atoms with Gasteiger partial charge in [-0.25, -0.2) is 0 Å². The second kappa shape index (κ2) is 2.98. The van der Waals surface area contributed by atoms with Gasteiger partial charge in [0.2, 0.25) is 0 Å². The maximum atomic E-state index is 4.87. The maximum Gasteiger partial charge on any atom is 0.174 e. The Kier molecular flexibility index (Phi) is 2.24. The first-order valence-corrected chi connectivity index (χ1v) is 3.59. The smallest absolute Gasteiger partial charge is 0.174 e. The molecule has 1 rings (SSSR count). The highest BCUT2D eigenvalue weighted by atomic mass is 32.1. The van der Waals surface area contributed by atoms with Crippen LogP contribution < -0.4 is 15.5 Å². The molecule has 1 heterocycles. The van der Waals surface area contributed by atoms with Crippen molar-refractivity contribution in [3.05, 3.63) is 0 Å². The standard InChI is InChI=1S/C5H11N3S/c1-2-8-3-6-5(9)7-4-8/h2-4H2,1H3,(H2,6,7,9)/p+1. The third-order valence-electron chi connectivity index (χ3n) is 1.50. The Bertz CT molecular complexity index is 105. The minimum absolute atomic E-state index is 0.784. The van der Waals surface area contributed by atoms with E-state index < -0.39 is 0 Å². The average molecular weight is 146 g/mol. The topological polar surface area (TPSA) is 28.5 Å². The molecule has 0 radical (unpaired) electrons. The molecule has 52 valence electrons. The Morgan fingerprint density at radius 3 is 2.56 bits per heavy atom. The lowest BCUT2D eigenvalue weighted by molar-refractivity contribution is -0.904. The molecular weight excluding hydrogens is 134 g/mol. The van der Waals surface area contributed by atoms with Crippen molar-refractivity contribution in [3.63, 3.8) is 0 Å². The van der Waals surface area contributed by atoms with Crippen molar-refractivity contribution in [2.24, 2.45) is 0 Å². The summed E-state index contributed by atoms with van der Waals surface area (Å²) in [4.78, 5) is 1.49. The summed E-state index contributed by atoms with van der Waals surface area (Å²) < 4.78 is 0. The van der Waals surface area contributed by atoms with Gasteiger partial charge in [0, 0.05) is 0 Å². The number of thiocarbonyl (C=S) groups is 1. The zero-order valence-electron chi connectivity index (χ0n) is 5.53. The Morgan fingerprint density at radius 1 is 1.56 bits per heavy atom. The molecule has 0 saturated carbocycles. The summed E-state index contributed by atoms with van der Waals surface area (Å²) in [5.74, 6) is 0. The SMILES string of the molecule is CC[NH+]1CNC(=S)NC1. The van der Waals surface area contributed by atoms with E-state index in [0.29, 0.717) is 0 Å². The van der Waals surface area contributed by atoms with Gasteiger partial charge in [-0.05, 0) is 19.1 Å². The lowest BCUT2D eigenvalue weighted by Crippen LogP contribution is -3.16. The molecule has 1 fully saturated rings. The van der Waals surface area contributed by atoms with Gasteiger partial charge in [0.15, 0.2) is 18.4 Å². The lowest BCUT2D eigenvalue weighted by atomic mass is 10.6. The molecule has 0 bridgehead atoms. The molecule has 0 aromatic heterocycles. The van der Waals surface area contributed by atoms with Crippen molar-refractivity contribution >= 4 is 17.3 Å². The highest BCUT2D eigenvalue weighted by Crippen LogP contribution is 1.64. The molecule has 9 heavy (non-hydrogen) atoms. The van der Waals surface area contributed by atoms with Gasteiger partial charge in [0.05, 0.1) is 6.54 Å². The van der Waals surface area contributed by atoms with Crippen LogP contribution in [0.25, 0.3) is 0 Å². The quantitative estimate of drug-likeness (QED) is 0.385. The minimum atomic E-state index is 0.784. The predicted octanol–water partition coefficient (Wildman–Crippen LogP) is -1.72. The van der Waals surface area contributed by atoms with Gasteiger partial charge < -0.3 is 15.5 Å². The van der Waals surface area contributed by atoms with E-state index in [0.717, 1.165) is 25.0 Å². The first-order valence-electron chi connectivity index (χ1n) is 3.18. The van der Waals surface area contributed by atoms with Crippen molar-refractivity contribution in [1.82, 2.24) is 10.6 Å². The lowest BCUT2D eigenvalue weighted by Gasteiger charge is -2.24. The predicted molar refractivity (Wildman–Crippen MR) is 40.1 cm³/mol. The molecule has 3 nitrogen and oxygen atoms in total. The van der Waals surface area contributed by atoms with Crippen molar-refractivity contribution in [2.45, 2.75) is 6.92 Å². The van der Waals surface area contributed by atoms with E-state index in [1.165, 1.54) is 4.90 Å². The van der Waals surface area contributed by atoms with Crippen LogP contribution in [0.5, 0.6) is 0 Å². The molecular formula is C5H12N3S+. The molecule has 3 N–H and O–H groups in total. The largest absolute Gasteiger partial charge is 0.316 e. The van der Waals surface area contributed by atoms with Gasteiger partial charge in [-0.2, -0.15) is 0 Å². The zero-order valence-corrected chi connectivity index (χ0v) is 6.35. The third kappa shape index (κ3) is 1.80. The molecule has 0 aromatic rings. The van der Waals surface area contributed by atoms with Crippen LogP contribution in [0.2, 0.25) is 0 Å². The Morgan fingerprint density at radius 2 is 2.11 bits per heavy atom. The summed E-state index contributed by atoms with van der Waals surface area (Å²) in [5.41, 5.74) is 0. The highest BCUT2D eigenvalue weighted by molar-refractivity contribution is 7.80. The summed E-state index contributed by atoms with van der Waals surface area (Å²) in [6.45, 7) is 5.22. The number of quaternary nitrogens is 1. The second-order valence-corrected chi connectivity index (χ2v) is 2.55. The van der Waals surface area contributed by atoms with E-state index in [1.54, 1.807) is 0 Å². The van der Waals surface area contributed by atoms with Crippen LogP contribution in [-0.4, -0.2) is 25.0 Å². The van der Waals surface area contributed by atoms with Crippen LogP contribution in [0.15, 0.2) is 0 Å². The summed E-state index contributed by atoms with van der Waals surface area (Å²) in [6, 6.07) is 0. The first kappa shape index (κ1) is 6.77. The van der Waals surface area contributed by atoms with E-state index in [1.807, 2.05) is 0 Å². The molecule has 1 aliphatic rings. The van der Waals surface area contributed by atoms with Gasteiger partial charge in [-0.1, -0.05) is 0 Å². The van der Waals surface area contributed by atoms with Crippen LogP contribution in [0.1, 0.15) is 6.92 Å². The summed E-state index contributed by atoms with van der Waals surface area (Å²) in [7, 11) is 0. The van der Waals surface area contributed by atoms with E-state index in [9.17, 15) is 0 Å². The van der Waals surface area contributed by atoms with Crippen LogP contribution in [0.3, 0.4) is 0 Å². The summed E-state index contributed by atoms with van der Waals surface area (Å²) >= 11 is 4.87. The minimum Gasteiger partial charge on any atom is -0.316 e. The molecule has 0 spiro atoms. The molecule has 1 saturated heterocycles. The fourth-order valence-corrected chi connectivity index (χ4v) is 0.930. The Hall–Kier alpha value is -0.350. The fourth-order valence-electron chi connectivity index (χ4n) is 0.786. The second-order valence-electron chi connectivity index (χ2n) is 2.14. The van der Waals surface area contributed by atoms with E-state index in [2.05, 4.69) is 17.6 Å². The molecule has 0 amide bonds. The van der Waals surface area contributed by atoms with E-state index in [-0.39, 0.29) is 0 Å². The highest BCUT2D eigenvalue weighted by Gasteiger charge is 2.11. The third-order valence-corrected chi connectivity index (χ3v) is 1.79. The van der Waals surface area contributed by atoms with Crippen molar-refractivity contribution in [3.8, 4) is 0 Å². The molecule has 0 aromatic carbocycles. The summed E-state index contributed by atoms with van der Waals surface area (Å²) in [5, 5.41) is 6.92. The first-order chi connectivity index (χ1) is 4.33. The number of hydrogen-bond donors (Lipinski definition) is 3. The van der Waals surface area contributed by atoms with E-state index >= 15 is 0 Å². The van der Waals surface area contributed by atoms with Gasteiger partial charge in [-0.15, -0.1) is 0 Å². The van der Waals surface area contributed by atoms with Crippen molar-refractivity contribution in [2.75, 3.05) is 19.9 Å².